The van der Waals surface area contributed by atoms with E-state index in [0.29, 0.717) is 0 Å². The van der Waals surface area contributed by atoms with Crippen LogP contribution in [0.25, 0.3) is 0 Å². The summed E-state index contributed by atoms with van der Waals surface area (Å²) in [4.78, 5) is 2.52. The van der Waals surface area contributed by atoms with E-state index in [1.165, 1.54) is 58.2 Å². The summed E-state index contributed by atoms with van der Waals surface area (Å²) < 4.78 is 5.41. The van der Waals surface area contributed by atoms with Crippen molar-refractivity contribution in [1.29, 1.82) is 0 Å². The molecule has 0 spiro atoms. The SMILES string of the molecule is CN(CCC1CCCCN1)CC1CCOCC1.Cl. The smallest absolute Gasteiger partial charge is 0.0469 e. The van der Waals surface area contributed by atoms with Gasteiger partial charge < -0.3 is 15.0 Å². The first-order valence-electron chi connectivity index (χ1n) is 7.34. The van der Waals surface area contributed by atoms with E-state index in [0.717, 1.165) is 25.2 Å². The van der Waals surface area contributed by atoms with Crippen LogP contribution in [-0.2, 0) is 4.74 Å². The van der Waals surface area contributed by atoms with Gasteiger partial charge in [0.25, 0.3) is 0 Å². The minimum atomic E-state index is 0. The third kappa shape index (κ3) is 5.87. The van der Waals surface area contributed by atoms with Crippen molar-refractivity contribution in [2.45, 2.75) is 44.6 Å². The van der Waals surface area contributed by atoms with Gasteiger partial charge in [0.15, 0.2) is 0 Å². The van der Waals surface area contributed by atoms with Gasteiger partial charge in [-0.15, -0.1) is 12.4 Å². The van der Waals surface area contributed by atoms with Gasteiger partial charge in [-0.1, -0.05) is 6.42 Å². The number of hydrogen-bond donors (Lipinski definition) is 1. The zero-order chi connectivity index (χ0) is 11.9. The molecule has 3 nitrogen and oxygen atoms in total. The fourth-order valence-corrected chi connectivity index (χ4v) is 3.01. The molecule has 2 heterocycles. The molecule has 1 atom stereocenters. The zero-order valence-corrected chi connectivity index (χ0v) is 12.5. The van der Waals surface area contributed by atoms with E-state index in [9.17, 15) is 0 Å². The highest BCUT2D eigenvalue weighted by Gasteiger charge is 2.17. The van der Waals surface area contributed by atoms with Crippen LogP contribution in [0.15, 0.2) is 0 Å². The van der Waals surface area contributed by atoms with E-state index in [-0.39, 0.29) is 12.4 Å². The first-order chi connectivity index (χ1) is 8.34. The highest BCUT2D eigenvalue weighted by Crippen LogP contribution is 2.16. The van der Waals surface area contributed by atoms with Crippen LogP contribution >= 0.6 is 12.4 Å². The van der Waals surface area contributed by atoms with E-state index < -0.39 is 0 Å². The standard InChI is InChI=1S/C14H28N2O.ClH/c1-16(12-13-6-10-17-11-7-13)9-5-14-4-2-3-8-15-14;/h13-15H,2-12H2,1H3;1H. The Morgan fingerprint density at radius 1 is 1.17 bits per heavy atom. The maximum absolute atomic E-state index is 5.41. The van der Waals surface area contributed by atoms with Crippen molar-refractivity contribution in [3.63, 3.8) is 0 Å². The summed E-state index contributed by atoms with van der Waals surface area (Å²) in [5.74, 6) is 0.869. The quantitative estimate of drug-likeness (QED) is 0.834. The Balaban J connectivity index is 0.00000162. The Morgan fingerprint density at radius 2 is 1.94 bits per heavy atom. The summed E-state index contributed by atoms with van der Waals surface area (Å²) in [6.07, 6.45) is 8.00. The largest absolute Gasteiger partial charge is 0.381 e. The molecule has 0 aliphatic carbocycles. The molecule has 1 unspecified atom stereocenters. The highest BCUT2D eigenvalue weighted by atomic mass is 35.5. The Morgan fingerprint density at radius 3 is 2.61 bits per heavy atom. The zero-order valence-electron chi connectivity index (χ0n) is 11.7. The molecule has 0 radical (unpaired) electrons. The lowest BCUT2D eigenvalue weighted by atomic mass is 9.99. The monoisotopic (exact) mass is 276 g/mol. The molecule has 0 aromatic carbocycles. The molecular weight excluding hydrogens is 248 g/mol. The summed E-state index contributed by atoms with van der Waals surface area (Å²) in [5, 5.41) is 3.63. The average molecular weight is 277 g/mol. The second-order valence-electron chi connectivity index (χ2n) is 5.75. The Bertz CT molecular complexity index is 204. The first-order valence-corrected chi connectivity index (χ1v) is 7.34. The number of halogens is 1. The number of ether oxygens (including phenoxy) is 1. The van der Waals surface area contributed by atoms with Crippen molar-refractivity contribution >= 4 is 12.4 Å². The summed E-state index contributed by atoms with van der Waals surface area (Å²) >= 11 is 0. The molecule has 108 valence electrons. The molecule has 0 aromatic rings. The van der Waals surface area contributed by atoms with E-state index in [1.54, 1.807) is 0 Å². The van der Waals surface area contributed by atoms with E-state index in [4.69, 9.17) is 4.74 Å². The molecule has 2 fully saturated rings. The third-order valence-electron chi connectivity index (χ3n) is 4.18. The van der Waals surface area contributed by atoms with Crippen LogP contribution in [0, 0.1) is 5.92 Å². The third-order valence-corrected chi connectivity index (χ3v) is 4.18. The Kier molecular flexibility index (Phi) is 8.23. The molecule has 2 aliphatic rings. The first kappa shape index (κ1) is 16.2. The Hall–Kier alpha value is 0.170. The summed E-state index contributed by atoms with van der Waals surface area (Å²) in [6.45, 7) is 5.69. The molecule has 2 saturated heterocycles. The fraction of sp³-hybridized carbons (Fsp3) is 1.00. The van der Waals surface area contributed by atoms with E-state index in [2.05, 4.69) is 17.3 Å². The molecule has 4 heteroatoms. The molecule has 1 N–H and O–H groups in total. The summed E-state index contributed by atoms with van der Waals surface area (Å²) in [7, 11) is 2.28. The predicted molar refractivity (Wildman–Crippen MR) is 78.5 cm³/mol. The molecule has 0 bridgehead atoms. The van der Waals surface area contributed by atoms with Gasteiger partial charge in [0, 0.05) is 25.8 Å². The molecule has 2 rings (SSSR count). The molecule has 18 heavy (non-hydrogen) atoms. The van der Waals surface area contributed by atoms with Crippen molar-refractivity contribution in [2.24, 2.45) is 5.92 Å². The van der Waals surface area contributed by atoms with Crippen LogP contribution < -0.4 is 5.32 Å². The van der Waals surface area contributed by atoms with Gasteiger partial charge >= 0.3 is 0 Å². The van der Waals surface area contributed by atoms with Gasteiger partial charge in [-0.05, 0) is 58.2 Å². The van der Waals surface area contributed by atoms with E-state index >= 15 is 0 Å². The topological polar surface area (TPSA) is 24.5 Å². The van der Waals surface area contributed by atoms with Crippen LogP contribution in [0.5, 0.6) is 0 Å². The number of hydrogen-bond acceptors (Lipinski definition) is 3. The number of nitrogens with zero attached hydrogens (tertiary/aromatic N) is 1. The Labute approximate surface area is 118 Å². The lowest BCUT2D eigenvalue weighted by molar-refractivity contribution is 0.0552. The van der Waals surface area contributed by atoms with Crippen molar-refractivity contribution in [3.05, 3.63) is 0 Å². The van der Waals surface area contributed by atoms with Crippen molar-refractivity contribution in [3.8, 4) is 0 Å². The van der Waals surface area contributed by atoms with Gasteiger partial charge in [0.05, 0.1) is 0 Å². The molecular formula is C14H29ClN2O. The predicted octanol–water partition coefficient (Wildman–Crippen LogP) is 2.30. The maximum atomic E-state index is 5.41. The van der Waals surface area contributed by atoms with Gasteiger partial charge in [-0.2, -0.15) is 0 Å². The second-order valence-corrected chi connectivity index (χ2v) is 5.75. The lowest BCUT2D eigenvalue weighted by Gasteiger charge is -2.29. The molecule has 0 saturated carbocycles. The van der Waals surface area contributed by atoms with Gasteiger partial charge in [-0.3, -0.25) is 0 Å². The van der Waals surface area contributed by atoms with Crippen LogP contribution in [0.3, 0.4) is 0 Å². The lowest BCUT2D eigenvalue weighted by Crippen LogP contribution is -2.38. The highest BCUT2D eigenvalue weighted by molar-refractivity contribution is 5.85. The molecule has 2 aliphatic heterocycles. The number of rotatable bonds is 5. The van der Waals surface area contributed by atoms with Crippen molar-refractivity contribution < 1.29 is 4.74 Å². The van der Waals surface area contributed by atoms with Crippen LogP contribution in [0.1, 0.15) is 38.5 Å². The molecule has 0 amide bonds. The molecule has 0 aromatic heterocycles. The minimum Gasteiger partial charge on any atom is -0.381 e. The average Bonchev–Trinajstić information content (AvgIpc) is 2.39. The van der Waals surface area contributed by atoms with Crippen LogP contribution in [0.2, 0.25) is 0 Å². The van der Waals surface area contributed by atoms with Crippen LogP contribution in [0.4, 0.5) is 0 Å². The fourth-order valence-electron chi connectivity index (χ4n) is 3.01. The number of nitrogens with one attached hydrogen (secondary N) is 1. The van der Waals surface area contributed by atoms with Crippen molar-refractivity contribution in [2.75, 3.05) is 39.9 Å². The maximum Gasteiger partial charge on any atom is 0.0469 e. The minimum absolute atomic E-state index is 0. The number of piperidine rings is 1. The normalized spacial score (nSPS) is 26.0. The van der Waals surface area contributed by atoms with Crippen LogP contribution in [-0.4, -0.2) is 50.8 Å². The second kappa shape index (κ2) is 9.13. The summed E-state index contributed by atoms with van der Waals surface area (Å²) in [6, 6.07) is 0.779. The van der Waals surface area contributed by atoms with Crippen molar-refractivity contribution in [1.82, 2.24) is 10.2 Å². The summed E-state index contributed by atoms with van der Waals surface area (Å²) in [5.41, 5.74) is 0. The van der Waals surface area contributed by atoms with Gasteiger partial charge in [0.1, 0.15) is 0 Å². The van der Waals surface area contributed by atoms with Gasteiger partial charge in [0.2, 0.25) is 0 Å². The van der Waals surface area contributed by atoms with Gasteiger partial charge in [-0.25, -0.2) is 0 Å². The van der Waals surface area contributed by atoms with E-state index in [1.807, 2.05) is 0 Å².